The summed E-state index contributed by atoms with van der Waals surface area (Å²) in [5.74, 6) is 0.928. The van der Waals surface area contributed by atoms with Gasteiger partial charge in [-0.05, 0) is 49.6 Å². The predicted octanol–water partition coefficient (Wildman–Crippen LogP) is 2.90. The van der Waals surface area contributed by atoms with E-state index in [2.05, 4.69) is 37.9 Å². The standard InChI is InChI=1S/C15H26N2O/c1-5-18-14-8-6-13(7-9-14)17(4)11-10-15(2,3)12-16/h6-9H,5,10-12,16H2,1-4H3. The molecule has 0 amide bonds. The molecule has 0 saturated carbocycles. The minimum atomic E-state index is 0.208. The Morgan fingerprint density at radius 3 is 2.33 bits per heavy atom. The summed E-state index contributed by atoms with van der Waals surface area (Å²) in [6.07, 6.45) is 1.09. The van der Waals surface area contributed by atoms with Gasteiger partial charge in [0, 0.05) is 19.3 Å². The van der Waals surface area contributed by atoms with Crippen LogP contribution in [0.15, 0.2) is 24.3 Å². The van der Waals surface area contributed by atoms with Crippen molar-refractivity contribution in [2.24, 2.45) is 11.1 Å². The second-order valence-corrected chi connectivity index (χ2v) is 5.47. The first-order valence-electron chi connectivity index (χ1n) is 6.62. The first-order chi connectivity index (χ1) is 8.48. The van der Waals surface area contributed by atoms with Crippen molar-refractivity contribution in [2.45, 2.75) is 27.2 Å². The van der Waals surface area contributed by atoms with E-state index in [-0.39, 0.29) is 5.41 Å². The lowest BCUT2D eigenvalue weighted by molar-refractivity contribution is 0.340. The molecule has 3 nitrogen and oxygen atoms in total. The summed E-state index contributed by atoms with van der Waals surface area (Å²) in [6.45, 7) is 8.86. The summed E-state index contributed by atoms with van der Waals surface area (Å²) in [4.78, 5) is 2.26. The van der Waals surface area contributed by atoms with Gasteiger partial charge in [-0.1, -0.05) is 13.8 Å². The highest BCUT2D eigenvalue weighted by Crippen LogP contribution is 2.22. The largest absolute Gasteiger partial charge is 0.494 e. The maximum atomic E-state index is 5.75. The maximum absolute atomic E-state index is 5.75. The summed E-state index contributed by atoms with van der Waals surface area (Å²) in [6, 6.07) is 8.23. The summed E-state index contributed by atoms with van der Waals surface area (Å²) in [5, 5.41) is 0. The molecule has 0 aliphatic carbocycles. The molecule has 0 spiro atoms. The smallest absolute Gasteiger partial charge is 0.119 e. The number of benzene rings is 1. The molecule has 0 bridgehead atoms. The zero-order valence-corrected chi connectivity index (χ0v) is 12.1. The van der Waals surface area contributed by atoms with E-state index in [9.17, 15) is 0 Å². The third-order valence-electron chi connectivity index (χ3n) is 3.27. The van der Waals surface area contributed by atoms with E-state index < -0.39 is 0 Å². The Balaban J connectivity index is 2.53. The molecule has 0 radical (unpaired) electrons. The number of hydrogen-bond acceptors (Lipinski definition) is 3. The van der Waals surface area contributed by atoms with Gasteiger partial charge in [-0.2, -0.15) is 0 Å². The van der Waals surface area contributed by atoms with Crippen LogP contribution in [-0.4, -0.2) is 26.7 Å². The Kier molecular flexibility index (Phi) is 5.48. The van der Waals surface area contributed by atoms with Gasteiger partial charge in [0.2, 0.25) is 0 Å². The van der Waals surface area contributed by atoms with Crippen molar-refractivity contribution in [3.63, 3.8) is 0 Å². The van der Waals surface area contributed by atoms with Crippen LogP contribution in [0.1, 0.15) is 27.2 Å². The van der Waals surface area contributed by atoms with Gasteiger partial charge in [-0.3, -0.25) is 0 Å². The molecule has 18 heavy (non-hydrogen) atoms. The van der Waals surface area contributed by atoms with Gasteiger partial charge in [0.25, 0.3) is 0 Å². The molecule has 3 heteroatoms. The number of anilines is 1. The van der Waals surface area contributed by atoms with Crippen LogP contribution in [0.25, 0.3) is 0 Å². The quantitative estimate of drug-likeness (QED) is 0.808. The fraction of sp³-hybridized carbons (Fsp3) is 0.600. The molecule has 102 valence electrons. The fourth-order valence-electron chi connectivity index (χ4n) is 1.67. The van der Waals surface area contributed by atoms with Crippen molar-refractivity contribution in [3.05, 3.63) is 24.3 Å². The molecule has 0 unspecified atom stereocenters. The summed E-state index contributed by atoms with van der Waals surface area (Å²) in [7, 11) is 2.11. The van der Waals surface area contributed by atoms with E-state index in [0.29, 0.717) is 6.61 Å². The van der Waals surface area contributed by atoms with Crippen molar-refractivity contribution >= 4 is 5.69 Å². The minimum absolute atomic E-state index is 0.208. The molecular weight excluding hydrogens is 224 g/mol. The normalized spacial score (nSPS) is 11.4. The lowest BCUT2D eigenvalue weighted by Gasteiger charge is -2.27. The topological polar surface area (TPSA) is 38.5 Å². The molecule has 2 N–H and O–H groups in total. The van der Waals surface area contributed by atoms with E-state index in [1.807, 2.05) is 19.1 Å². The zero-order valence-electron chi connectivity index (χ0n) is 12.1. The second kappa shape index (κ2) is 6.64. The van der Waals surface area contributed by atoms with Gasteiger partial charge in [-0.25, -0.2) is 0 Å². The zero-order chi connectivity index (χ0) is 13.6. The highest BCUT2D eigenvalue weighted by molar-refractivity contribution is 5.48. The molecule has 1 aromatic rings. The first kappa shape index (κ1) is 14.8. The Labute approximate surface area is 111 Å². The van der Waals surface area contributed by atoms with Gasteiger partial charge >= 0.3 is 0 Å². The molecule has 0 aromatic heterocycles. The summed E-state index contributed by atoms with van der Waals surface area (Å²) < 4.78 is 5.44. The Morgan fingerprint density at radius 2 is 1.83 bits per heavy atom. The number of nitrogens with zero attached hydrogens (tertiary/aromatic N) is 1. The Morgan fingerprint density at radius 1 is 1.22 bits per heavy atom. The highest BCUT2D eigenvalue weighted by atomic mass is 16.5. The number of nitrogens with two attached hydrogens (primary N) is 1. The van der Waals surface area contributed by atoms with Crippen LogP contribution < -0.4 is 15.4 Å². The van der Waals surface area contributed by atoms with Crippen LogP contribution in [0.5, 0.6) is 5.75 Å². The van der Waals surface area contributed by atoms with Crippen LogP contribution in [0.2, 0.25) is 0 Å². The van der Waals surface area contributed by atoms with E-state index in [4.69, 9.17) is 10.5 Å². The van der Waals surface area contributed by atoms with Crippen LogP contribution >= 0.6 is 0 Å². The van der Waals surface area contributed by atoms with Gasteiger partial charge in [0.05, 0.1) is 6.61 Å². The molecule has 0 heterocycles. The summed E-state index contributed by atoms with van der Waals surface area (Å²) in [5.41, 5.74) is 7.17. The van der Waals surface area contributed by atoms with Crippen molar-refractivity contribution in [1.29, 1.82) is 0 Å². The lowest BCUT2D eigenvalue weighted by atomic mass is 9.89. The van der Waals surface area contributed by atoms with Crippen molar-refractivity contribution in [1.82, 2.24) is 0 Å². The van der Waals surface area contributed by atoms with E-state index in [1.165, 1.54) is 5.69 Å². The first-order valence-corrected chi connectivity index (χ1v) is 6.62. The monoisotopic (exact) mass is 250 g/mol. The molecular formula is C15H26N2O. The highest BCUT2D eigenvalue weighted by Gasteiger charge is 2.16. The minimum Gasteiger partial charge on any atom is -0.494 e. The van der Waals surface area contributed by atoms with Crippen LogP contribution in [0.4, 0.5) is 5.69 Å². The predicted molar refractivity (Wildman–Crippen MR) is 78.3 cm³/mol. The van der Waals surface area contributed by atoms with Crippen LogP contribution in [0, 0.1) is 5.41 Å². The molecule has 0 atom stereocenters. The molecule has 0 aliphatic rings. The average molecular weight is 250 g/mol. The maximum Gasteiger partial charge on any atom is 0.119 e. The Bertz CT molecular complexity index is 346. The van der Waals surface area contributed by atoms with Crippen LogP contribution in [0.3, 0.4) is 0 Å². The molecule has 0 fully saturated rings. The van der Waals surface area contributed by atoms with Crippen LogP contribution in [-0.2, 0) is 0 Å². The Hall–Kier alpha value is -1.22. The SMILES string of the molecule is CCOc1ccc(N(C)CCC(C)(C)CN)cc1. The number of rotatable bonds is 7. The summed E-state index contributed by atoms with van der Waals surface area (Å²) >= 11 is 0. The number of ether oxygens (including phenoxy) is 1. The lowest BCUT2D eigenvalue weighted by Crippen LogP contribution is -2.29. The third kappa shape index (κ3) is 4.57. The van der Waals surface area contributed by atoms with E-state index in [0.717, 1.165) is 25.3 Å². The molecule has 0 saturated heterocycles. The van der Waals surface area contributed by atoms with Crippen molar-refractivity contribution < 1.29 is 4.74 Å². The second-order valence-electron chi connectivity index (χ2n) is 5.47. The average Bonchev–Trinajstić information content (AvgIpc) is 2.37. The number of hydrogen-bond donors (Lipinski definition) is 1. The third-order valence-corrected chi connectivity index (χ3v) is 3.27. The van der Waals surface area contributed by atoms with Gasteiger partial charge in [0.1, 0.15) is 5.75 Å². The molecule has 1 aromatic carbocycles. The van der Waals surface area contributed by atoms with Crippen molar-refractivity contribution in [3.8, 4) is 5.75 Å². The molecule has 0 aliphatic heterocycles. The van der Waals surface area contributed by atoms with Gasteiger partial charge in [-0.15, -0.1) is 0 Å². The van der Waals surface area contributed by atoms with E-state index in [1.54, 1.807) is 0 Å². The van der Waals surface area contributed by atoms with Gasteiger partial charge in [0.15, 0.2) is 0 Å². The van der Waals surface area contributed by atoms with E-state index >= 15 is 0 Å². The fourth-order valence-corrected chi connectivity index (χ4v) is 1.67. The van der Waals surface area contributed by atoms with Crippen molar-refractivity contribution in [2.75, 3.05) is 31.6 Å². The van der Waals surface area contributed by atoms with Gasteiger partial charge < -0.3 is 15.4 Å². The molecule has 1 rings (SSSR count).